The smallest absolute Gasteiger partial charge is 0.476 e. The third kappa shape index (κ3) is 12.8. The molecule has 2 fully saturated rings. The molecule has 2 aliphatic heterocycles. The van der Waals surface area contributed by atoms with Gasteiger partial charge in [-0.2, -0.15) is 0 Å². The molecule has 0 bridgehead atoms. The van der Waals surface area contributed by atoms with Gasteiger partial charge in [-0.15, -0.1) is 0 Å². The number of hydrogen-bond acceptors (Lipinski definition) is 12. The number of phenolic OH excluding ortho intramolecular Hbond substituents is 2. The molecule has 3 amide bonds. The number of nitrogens with one attached hydrogen (secondary N) is 5. The van der Waals surface area contributed by atoms with Crippen molar-refractivity contribution in [2.45, 2.75) is 123 Å². The summed E-state index contributed by atoms with van der Waals surface area (Å²) in [6, 6.07) is 27.8. The monoisotopic (exact) mass is 1060 g/mol. The van der Waals surface area contributed by atoms with Crippen LogP contribution in [0.1, 0.15) is 130 Å². The summed E-state index contributed by atoms with van der Waals surface area (Å²) in [5.74, 6) is -1.72. The van der Waals surface area contributed by atoms with Crippen LogP contribution < -0.4 is 20.9 Å². The summed E-state index contributed by atoms with van der Waals surface area (Å²) in [7, 11) is -0.597. The number of carbonyl (C=O) groups is 3. The summed E-state index contributed by atoms with van der Waals surface area (Å²) in [5.41, 5.74) is 3.28. The second-order valence-electron chi connectivity index (χ2n) is 22.1. The fraction of sp³-hybridized carbons (Fsp3) is 0.417. The van der Waals surface area contributed by atoms with Crippen LogP contribution in [0, 0.1) is 22.7 Å². The first-order valence-corrected chi connectivity index (χ1v) is 27.3. The molecule has 2 saturated heterocycles. The molecular weight excluding hydrogens is 984 g/mol. The van der Waals surface area contributed by atoms with Crippen molar-refractivity contribution in [1.29, 1.82) is 10.8 Å². The van der Waals surface area contributed by atoms with E-state index in [0.29, 0.717) is 54.7 Å². The molecule has 78 heavy (non-hydrogen) atoms. The molecule has 2 aliphatic rings. The van der Waals surface area contributed by atoms with Crippen LogP contribution in [-0.2, 0) is 32.7 Å². The number of rotatable bonds is 19. The zero-order valence-corrected chi connectivity index (χ0v) is 46.2. The van der Waals surface area contributed by atoms with Crippen molar-refractivity contribution in [2.75, 3.05) is 31.1 Å². The Kier molecular flexibility index (Phi) is 17.8. The van der Waals surface area contributed by atoms with E-state index in [9.17, 15) is 30.0 Å². The van der Waals surface area contributed by atoms with Gasteiger partial charge >= 0.3 is 7.12 Å². The number of piperidine rings is 1. The van der Waals surface area contributed by atoms with Gasteiger partial charge in [-0.05, 0) is 137 Å². The molecule has 18 heteroatoms. The van der Waals surface area contributed by atoms with Crippen molar-refractivity contribution in [3.05, 3.63) is 149 Å². The molecule has 7 N–H and O–H groups in total. The lowest BCUT2D eigenvalue weighted by atomic mass is 9.73. The Morgan fingerprint density at radius 2 is 1.63 bits per heavy atom. The number of anilines is 1. The average molecular weight is 1060 g/mol. The molecule has 17 nitrogen and oxygen atoms in total. The number of likely N-dealkylation sites (N-methyl/N-ethyl adjacent to an activating group) is 1. The fourth-order valence-corrected chi connectivity index (χ4v) is 10.7. The van der Waals surface area contributed by atoms with E-state index in [4.69, 9.17) is 14.7 Å². The third-order valence-corrected chi connectivity index (χ3v) is 15.4. The summed E-state index contributed by atoms with van der Waals surface area (Å²) in [5, 5.41) is 49.8. The van der Waals surface area contributed by atoms with Crippen LogP contribution in [0.15, 0.2) is 116 Å². The van der Waals surface area contributed by atoms with Crippen LogP contribution in [0.5, 0.6) is 11.5 Å². The number of hydrogen-bond donors (Lipinski definition) is 7. The maximum Gasteiger partial charge on any atom is 0.476 e. The molecule has 4 aromatic carbocycles. The number of aromatic hydroxyl groups is 2. The predicted molar refractivity (Wildman–Crippen MR) is 305 cm³/mol. The van der Waals surface area contributed by atoms with E-state index in [1.54, 1.807) is 19.2 Å². The highest BCUT2D eigenvalue weighted by molar-refractivity contribution is 6.48. The van der Waals surface area contributed by atoms with Crippen molar-refractivity contribution in [1.82, 2.24) is 35.4 Å². The van der Waals surface area contributed by atoms with Crippen LogP contribution in [-0.4, -0.2) is 110 Å². The van der Waals surface area contributed by atoms with Crippen molar-refractivity contribution in [2.24, 2.45) is 11.8 Å². The van der Waals surface area contributed by atoms with Gasteiger partial charge in [0.2, 0.25) is 0 Å². The number of carbonyl (C=O) groups excluding carboxylic acids is 3. The Hall–Kier alpha value is -7.41. The molecule has 3 unspecified atom stereocenters. The Bertz CT molecular complexity index is 3090. The standard InChI is InChI=1S/C60H75BN10O7/c1-9-65-57(75)55(63)71(54(62)48-34-47(39(4)5)51(72)35-52(48)73)46-19-20-50-43(33-46)24-30-69(50)27-21-40-22-28-70(29-23-40)58(76)42-15-17-44(18-16-42)60(8)59(6,7)77-61(78-60)53(31-38(2)3)67-36-45(32-41-13-11-10-12-14-41)68-56(74)49-37-64-25-26-66-49/h10-20,24-26,30,33-35,37-40,45,53,62-63,67,72-73H,9,21-23,27-29,31-32,36H2,1-8H3,(H,65,75)(H,68,74). The van der Waals surface area contributed by atoms with Gasteiger partial charge in [-0.3, -0.25) is 35.1 Å². The van der Waals surface area contributed by atoms with Crippen molar-refractivity contribution >= 4 is 53.1 Å². The number of aryl methyl sites for hydroxylation is 1. The van der Waals surface area contributed by atoms with Crippen molar-refractivity contribution in [3.63, 3.8) is 0 Å². The van der Waals surface area contributed by atoms with Gasteiger partial charge < -0.3 is 44.9 Å². The first kappa shape index (κ1) is 56.8. The quantitative estimate of drug-likeness (QED) is 0.0230. The van der Waals surface area contributed by atoms with E-state index in [2.05, 4.69) is 56.5 Å². The lowest BCUT2D eigenvalue weighted by molar-refractivity contribution is -0.114. The number of likely N-dealkylation sites (tertiary alicyclic amines) is 1. The van der Waals surface area contributed by atoms with E-state index in [0.717, 1.165) is 54.3 Å². The molecule has 410 valence electrons. The maximum absolute atomic E-state index is 14.0. The van der Waals surface area contributed by atoms with Crippen LogP contribution >= 0.6 is 0 Å². The van der Waals surface area contributed by atoms with E-state index in [1.807, 2.05) is 106 Å². The van der Waals surface area contributed by atoms with E-state index < -0.39 is 30.1 Å². The van der Waals surface area contributed by atoms with Gasteiger partial charge in [0.15, 0.2) is 5.84 Å². The Balaban J connectivity index is 0.878. The van der Waals surface area contributed by atoms with Gasteiger partial charge in [0.05, 0.1) is 23.0 Å². The lowest BCUT2D eigenvalue weighted by Gasteiger charge is -2.37. The second kappa shape index (κ2) is 24.5. The topological polar surface area (TPSA) is 231 Å². The number of amides is 3. The van der Waals surface area contributed by atoms with E-state index >= 15 is 0 Å². The minimum absolute atomic E-state index is 0.000824. The van der Waals surface area contributed by atoms with E-state index in [-0.39, 0.29) is 64.9 Å². The zero-order valence-electron chi connectivity index (χ0n) is 46.2. The number of amidine groups is 2. The van der Waals surface area contributed by atoms with Crippen molar-refractivity contribution < 1.29 is 33.9 Å². The first-order valence-electron chi connectivity index (χ1n) is 27.3. The number of benzene rings is 4. The molecule has 6 aromatic rings. The minimum atomic E-state index is -0.843. The number of phenols is 2. The molecule has 3 atom stereocenters. The molecule has 2 aromatic heterocycles. The SMILES string of the molecule is CCNC(=O)C(=N)N(C(=N)c1cc(C(C)C)c(O)cc1O)c1ccc2c(ccn2CCC2CCN(C(=O)c3ccc(C4(C)OB(C(CC(C)C)NCC(Cc5ccccc5)NC(=O)c5cnccn5)OC4(C)C)cc3)CC2)c1. The highest BCUT2D eigenvalue weighted by Gasteiger charge is 2.57. The maximum atomic E-state index is 14.0. The normalized spacial score (nSPS) is 17.3. The van der Waals surface area contributed by atoms with Gasteiger partial charge in [0.25, 0.3) is 17.7 Å². The van der Waals surface area contributed by atoms with Gasteiger partial charge in [-0.1, -0.05) is 70.2 Å². The van der Waals surface area contributed by atoms with Gasteiger partial charge in [0, 0.05) is 85.8 Å². The van der Waals surface area contributed by atoms with Crippen LogP contribution in [0.25, 0.3) is 10.9 Å². The molecule has 0 radical (unpaired) electrons. The van der Waals surface area contributed by atoms with Crippen LogP contribution in [0.3, 0.4) is 0 Å². The summed E-state index contributed by atoms with van der Waals surface area (Å²) in [6.45, 7) is 18.8. The summed E-state index contributed by atoms with van der Waals surface area (Å²) in [4.78, 5) is 51.8. The molecular formula is C60H75BN10O7. The summed E-state index contributed by atoms with van der Waals surface area (Å²) in [6.07, 6.45) is 10.6. The molecule has 8 rings (SSSR count). The van der Waals surface area contributed by atoms with Crippen LogP contribution in [0.2, 0.25) is 0 Å². The number of nitrogens with zero attached hydrogens (tertiary/aromatic N) is 5. The molecule has 0 aliphatic carbocycles. The summed E-state index contributed by atoms with van der Waals surface area (Å²) >= 11 is 0. The predicted octanol–water partition coefficient (Wildman–Crippen LogP) is 8.97. The highest BCUT2D eigenvalue weighted by Crippen LogP contribution is 2.46. The van der Waals surface area contributed by atoms with Crippen LogP contribution in [0.4, 0.5) is 5.69 Å². The molecule has 4 heterocycles. The average Bonchev–Trinajstić information content (AvgIpc) is 4.05. The van der Waals surface area contributed by atoms with Gasteiger partial charge in [-0.25, -0.2) is 4.98 Å². The van der Waals surface area contributed by atoms with E-state index in [1.165, 1.54) is 29.4 Å². The largest absolute Gasteiger partial charge is 0.508 e. The Morgan fingerprint density at radius 1 is 0.897 bits per heavy atom. The second-order valence-corrected chi connectivity index (χ2v) is 22.1. The summed E-state index contributed by atoms with van der Waals surface area (Å²) < 4.78 is 15.9. The minimum Gasteiger partial charge on any atom is -0.508 e. The van der Waals surface area contributed by atoms with Gasteiger partial charge in [0.1, 0.15) is 28.6 Å². The Morgan fingerprint density at radius 3 is 2.29 bits per heavy atom. The van der Waals surface area contributed by atoms with Crippen molar-refractivity contribution in [3.8, 4) is 11.5 Å². The lowest BCUT2D eigenvalue weighted by Crippen LogP contribution is -2.52. The number of aromatic nitrogens is 3. The zero-order chi connectivity index (χ0) is 55.9. The number of fused-ring (bicyclic) bond motifs is 1. The third-order valence-electron chi connectivity index (χ3n) is 15.4. The molecule has 0 saturated carbocycles. The first-order chi connectivity index (χ1) is 37.3. The highest BCUT2D eigenvalue weighted by atomic mass is 16.7. The molecule has 0 spiro atoms. The Labute approximate surface area is 458 Å². The fourth-order valence-electron chi connectivity index (χ4n) is 10.7.